The minimum absolute atomic E-state index is 0.0281. The van der Waals surface area contributed by atoms with E-state index in [4.69, 9.17) is 5.73 Å². The van der Waals surface area contributed by atoms with E-state index in [1.807, 2.05) is 0 Å². The monoisotopic (exact) mass is 214 g/mol. The molecule has 0 aromatic rings. The number of nitrogens with one attached hydrogen (secondary N) is 1. The molecule has 1 aliphatic rings. The third-order valence-electron chi connectivity index (χ3n) is 2.93. The number of hydrogen-bond donors (Lipinski definition) is 2. The molecule has 0 heterocycles. The largest absolute Gasteiger partial charge is 0.468 e. The smallest absolute Gasteiger partial charge is 0.325 e. The fourth-order valence-corrected chi connectivity index (χ4v) is 2.03. The van der Waals surface area contributed by atoms with Crippen LogP contribution in [0.2, 0.25) is 0 Å². The Labute approximate surface area is 89.3 Å². The van der Waals surface area contributed by atoms with Crippen molar-refractivity contribution in [1.29, 1.82) is 0 Å². The first-order valence-corrected chi connectivity index (χ1v) is 5.23. The molecule has 0 bridgehead atoms. The Morgan fingerprint density at radius 3 is 2.80 bits per heavy atom. The zero-order valence-electron chi connectivity index (χ0n) is 8.99. The Morgan fingerprint density at radius 2 is 2.20 bits per heavy atom. The second kappa shape index (κ2) is 5.70. The lowest BCUT2D eigenvalue weighted by atomic mass is 9.95. The number of carbonyl (C=O) groups excluding carboxylic acids is 2. The van der Waals surface area contributed by atoms with Crippen molar-refractivity contribution in [3.8, 4) is 0 Å². The van der Waals surface area contributed by atoms with Crippen LogP contribution in [-0.4, -0.2) is 32.1 Å². The Balaban J connectivity index is 2.36. The summed E-state index contributed by atoms with van der Waals surface area (Å²) in [5.41, 5.74) is 5.57. The van der Waals surface area contributed by atoms with Gasteiger partial charge in [-0.15, -0.1) is 0 Å². The Morgan fingerprint density at radius 1 is 1.47 bits per heavy atom. The van der Waals surface area contributed by atoms with Crippen molar-refractivity contribution in [3.63, 3.8) is 0 Å². The highest BCUT2D eigenvalue weighted by Crippen LogP contribution is 2.30. The van der Waals surface area contributed by atoms with Crippen LogP contribution >= 0.6 is 0 Å². The number of hydrogen-bond acceptors (Lipinski definition) is 4. The number of nitrogens with two attached hydrogens (primary N) is 1. The van der Waals surface area contributed by atoms with Crippen molar-refractivity contribution in [2.75, 3.05) is 20.2 Å². The van der Waals surface area contributed by atoms with Gasteiger partial charge in [0.15, 0.2) is 0 Å². The van der Waals surface area contributed by atoms with E-state index in [0.29, 0.717) is 6.54 Å². The average Bonchev–Trinajstić information content (AvgIpc) is 2.73. The maximum absolute atomic E-state index is 11.7. The van der Waals surface area contributed by atoms with Crippen molar-refractivity contribution in [1.82, 2.24) is 5.32 Å². The number of esters is 1. The van der Waals surface area contributed by atoms with Crippen LogP contribution < -0.4 is 11.1 Å². The van der Waals surface area contributed by atoms with E-state index in [0.717, 1.165) is 19.3 Å². The van der Waals surface area contributed by atoms with Crippen LogP contribution in [0.3, 0.4) is 0 Å². The summed E-state index contributed by atoms with van der Waals surface area (Å²) in [4.78, 5) is 22.5. The minimum Gasteiger partial charge on any atom is -0.468 e. The van der Waals surface area contributed by atoms with Gasteiger partial charge in [0.1, 0.15) is 6.54 Å². The summed E-state index contributed by atoms with van der Waals surface area (Å²) in [6.45, 7) is 0.486. The summed E-state index contributed by atoms with van der Waals surface area (Å²) >= 11 is 0. The number of ether oxygens (including phenoxy) is 1. The van der Waals surface area contributed by atoms with Crippen LogP contribution in [0.4, 0.5) is 0 Å². The van der Waals surface area contributed by atoms with E-state index in [2.05, 4.69) is 10.1 Å². The third kappa shape index (κ3) is 3.20. The van der Waals surface area contributed by atoms with Gasteiger partial charge >= 0.3 is 5.97 Å². The van der Waals surface area contributed by atoms with Gasteiger partial charge in [0.05, 0.1) is 7.11 Å². The first kappa shape index (κ1) is 12.0. The summed E-state index contributed by atoms with van der Waals surface area (Å²) < 4.78 is 4.44. The lowest BCUT2D eigenvalue weighted by molar-refractivity contribution is -0.141. The van der Waals surface area contributed by atoms with Crippen molar-refractivity contribution in [2.24, 2.45) is 17.6 Å². The van der Waals surface area contributed by atoms with Crippen LogP contribution in [0.1, 0.15) is 19.3 Å². The summed E-state index contributed by atoms with van der Waals surface area (Å²) in [6, 6.07) is 0. The zero-order valence-corrected chi connectivity index (χ0v) is 8.99. The third-order valence-corrected chi connectivity index (χ3v) is 2.93. The van der Waals surface area contributed by atoms with Crippen molar-refractivity contribution >= 4 is 11.9 Å². The first-order chi connectivity index (χ1) is 7.19. The molecule has 1 amide bonds. The van der Waals surface area contributed by atoms with Gasteiger partial charge < -0.3 is 15.8 Å². The number of carbonyl (C=O) groups is 2. The van der Waals surface area contributed by atoms with Gasteiger partial charge in [-0.3, -0.25) is 9.59 Å². The summed E-state index contributed by atoms with van der Waals surface area (Å²) in [5, 5.41) is 2.57. The van der Waals surface area contributed by atoms with Gasteiger partial charge in [-0.1, -0.05) is 6.42 Å². The fourth-order valence-electron chi connectivity index (χ4n) is 2.03. The summed E-state index contributed by atoms with van der Waals surface area (Å²) in [7, 11) is 1.30. The molecule has 1 rings (SSSR count). The van der Waals surface area contributed by atoms with Crippen LogP contribution in [0.25, 0.3) is 0 Å². The summed E-state index contributed by atoms with van der Waals surface area (Å²) in [6.07, 6.45) is 2.92. The molecule has 5 heteroatoms. The van der Waals surface area contributed by atoms with E-state index in [1.165, 1.54) is 7.11 Å². The normalized spacial score (nSPS) is 24.9. The SMILES string of the molecule is COC(=O)CNC(=O)C1CCCC1CN. The van der Waals surface area contributed by atoms with Crippen molar-refractivity contribution in [2.45, 2.75) is 19.3 Å². The van der Waals surface area contributed by atoms with Crippen molar-refractivity contribution < 1.29 is 14.3 Å². The molecule has 86 valence electrons. The van der Waals surface area contributed by atoms with Crippen molar-refractivity contribution in [3.05, 3.63) is 0 Å². The maximum Gasteiger partial charge on any atom is 0.325 e. The molecular formula is C10H18N2O3. The van der Waals surface area contributed by atoms with E-state index in [-0.39, 0.29) is 24.3 Å². The highest BCUT2D eigenvalue weighted by atomic mass is 16.5. The number of rotatable bonds is 4. The predicted molar refractivity (Wildman–Crippen MR) is 54.9 cm³/mol. The topological polar surface area (TPSA) is 81.4 Å². The molecule has 1 fully saturated rings. The minimum atomic E-state index is -0.425. The molecule has 3 N–H and O–H groups in total. The molecule has 2 atom stereocenters. The molecule has 0 aromatic heterocycles. The molecule has 5 nitrogen and oxygen atoms in total. The van der Waals surface area contributed by atoms with Gasteiger partial charge in [-0.25, -0.2) is 0 Å². The van der Waals surface area contributed by atoms with E-state index in [9.17, 15) is 9.59 Å². The first-order valence-electron chi connectivity index (χ1n) is 5.23. The highest BCUT2D eigenvalue weighted by molar-refractivity contribution is 5.83. The Kier molecular flexibility index (Phi) is 4.55. The second-order valence-electron chi connectivity index (χ2n) is 3.83. The second-order valence-corrected chi connectivity index (χ2v) is 3.83. The van der Waals surface area contributed by atoms with Crippen LogP contribution in [0.5, 0.6) is 0 Å². The molecule has 0 radical (unpaired) electrons. The molecule has 2 unspecified atom stereocenters. The number of methoxy groups -OCH3 is 1. The van der Waals surface area contributed by atoms with E-state index < -0.39 is 5.97 Å². The lowest BCUT2D eigenvalue weighted by Crippen LogP contribution is -2.38. The van der Waals surface area contributed by atoms with Gasteiger partial charge in [-0.05, 0) is 25.3 Å². The Hall–Kier alpha value is -1.10. The maximum atomic E-state index is 11.7. The molecule has 0 saturated heterocycles. The average molecular weight is 214 g/mol. The van der Waals surface area contributed by atoms with Gasteiger partial charge in [0, 0.05) is 5.92 Å². The standard InChI is InChI=1S/C10H18N2O3/c1-15-9(13)6-12-10(14)8-4-2-3-7(8)5-11/h7-8H,2-6,11H2,1H3,(H,12,14). The van der Waals surface area contributed by atoms with E-state index in [1.54, 1.807) is 0 Å². The fraction of sp³-hybridized carbons (Fsp3) is 0.800. The molecule has 1 aliphatic carbocycles. The van der Waals surface area contributed by atoms with Gasteiger partial charge in [0.2, 0.25) is 5.91 Å². The van der Waals surface area contributed by atoms with E-state index >= 15 is 0 Å². The molecular weight excluding hydrogens is 196 g/mol. The summed E-state index contributed by atoms with van der Waals surface area (Å²) in [5.74, 6) is -0.263. The van der Waals surface area contributed by atoms with Crippen LogP contribution in [0, 0.1) is 11.8 Å². The number of amides is 1. The molecule has 0 aliphatic heterocycles. The zero-order chi connectivity index (χ0) is 11.3. The van der Waals surface area contributed by atoms with Gasteiger partial charge in [-0.2, -0.15) is 0 Å². The Bertz CT molecular complexity index is 243. The molecule has 0 spiro atoms. The van der Waals surface area contributed by atoms with Crippen LogP contribution in [0.15, 0.2) is 0 Å². The molecule has 0 aromatic carbocycles. The van der Waals surface area contributed by atoms with Gasteiger partial charge in [0.25, 0.3) is 0 Å². The highest BCUT2D eigenvalue weighted by Gasteiger charge is 2.31. The lowest BCUT2D eigenvalue weighted by Gasteiger charge is -2.16. The molecule has 15 heavy (non-hydrogen) atoms. The predicted octanol–water partition coefficient (Wildman–Crippen LogP) is -0.349. The quantitative estimate of drug-likeness (QED) is 0.627. The van der Waals surface area contributed by atoms with Crippen LogP contribution in [-0.2, 0) is 14.3 Å². The molecule has 1 saturated carbocycles.